The Kier molecular flexibility index (Phi) is 4.20. The van der Waals surface area contributed by atoms with Crippen LogP contribution in [0.15, 0.2) is 36.5 Å². The van der Waals surface area contributed by atoms with Crippen LogP contribution >= 0.6 is 0 Å². The molecule has 0 radical (unpaired) electrons. The minimum absolute atomic E-state index is 0.0544. The first-order chi connectivity index (χ1) is 9.63. The number of nitrogens with zero attached hydrogens (tertiary/aromatic N) is 1. The second-order valence-corrected chi connectivity index (χ2v) is 4.09. The largest absolute Gasteiger partial charge is 0.490 e. The van der Waals surface area contributed by atoms with Crippen LogP contribution in [-0.2, 0) is 0 Å². The van der Waals surface area contributed by atoms with Crippen molar-refractivity contribution in [3.8, 4) is 17.4 Å². The van der Waals surface area contributed by atoms with E-state index in [1.165, 1.54) is 6.20 Å². The first kappa shape index (κ1) is 13.9. The van der Waals surface area contributed by atoms with Crippen molar-refractivity contribution in [2.45, 2.75) is 13.8 Å². The molecule has 1 N–H and O–H groups in total. The van der Waals surface area contributed by atoms with Crippen molar-refractivity contribution >= 4 is 5.97 Å². The number of carbonyl (C=O) groups is 1. The summed E-state index contributed by atoms with van der Waals surface area (Å²) in [6.07, 6.45) is 1.51. The number of para-hydroxylation sites is 2. The van der Waals surface area contributed by atoms with Gasteiger partial charge >= 0.3 is 5.97 Å². The summed E-state index contributed by atoms with van der Waals surface area (Å²) in [6, 6.07) is 8.70. The predicted molar refractivity (Wildman–Crippen MR) is 73.6 cm³/mol. The maximum absolute atomic E-state index is 11.3. The smallest absolute Gasteiger partial charge is 0.341 e. The van der Waals surface area contributed by atoms with E-state index < -0.39 is 5.97 Å². The van der Waals surface area contributed by atoms with Crippen LogP contribution < -0.4 is 9.47 Å². The average Bonchev–Trinajstić information content (AvgIpc) is 2.41. The SMILES string of the molecule is CCOc1ccccc1Oc1nccc(C)c1C(=O)O. The highest BCUT2D eigenvalue weighted by Gasteiger charge is 2.17. The van der Waals surface area contributed by atoms with Crippen LogP contribution in [0.4, 0.5) is 0 Å². The van der Waals surface area contributed by atoms with Crippen LogP contribution in [0.3, 0.4) is 0 Å². The van der Waals surface area contributed by atoms with Gasteiger partial charge in [0, 0.05) is 6.20 Å². The lowest BCUT2D eigenvalue weighted by atomic mass is 10.1. The van der Waals surface area contributed by atoms with Crippen LogP contribution in [-0.4, -0.2) is 22.7 Å². The Morgan fingerprint density at radius 3 is 2.60 bits per heavy atom. The van der Waals surface area contributed by atoms with Crippen molar-refractivity contribution in [3.63, 3.8) is 0 Å². The summed E-state index contributed by atoms with van der Waals surface area (Å²) in [7, 11) is 0. The standard InChI is InChI=1S/C15H15NO4/c1-3-19-11-6-4-5-7-12(11)20-14-13(15(17)18)10(2)8-9-16-14/h4-9H,3H2,1-2H3,(H,17,18). The van der Waals surface area contributed by atoms with Gasteiger partial charge in [-0.3, -0.25) is 0 Å². The van der Waals surface area contributed by atoms with Crippen LogP contribution in [0.2, 0.25) is 0 Å². The summed E-state index contributed by atoms with van der Waals surface area (Å²) in [5.41, 5.74) is 0.648. The van der Waals surface area contributed by atoms with Gasteiger partial charge in [0.25, 0.3) is 0 Å². The third-order valence-corrected chi connectivity index (χ3v) is 2.69. The summed E-state index contributed by atoms with van der Waals surface area (Å²) in [4.78, 5) is 15.3. The normalized spacial score (nSPS) is 10.1. The predicted octanol–water partition coefficient (Wildman–Crippen LogP) is 3.28. The molecule has 0 unspecified atom stereocenters. The van der Waals surface area contributed by atoms with Crippen LogP contribution in [0, 0.1) is 6.92 Å². The number of pyridine rings is 1. The van der Waals surface area contributed by atoms with E-state index in [0.717, 1.165) is 0 Å². The minimum Gasteiger partial charge on any atom is -0.490 e. The number of aryl methyl sites for hydroxylation is 1. The van der Waals surface area contributed by atoms with Gasteiger partial charge in [0.1, 0.15) is 5.56 Å². The van der Waals surface area contributed by atoms with Gasteiger partial charge < -0.3 is 14.6 Å². The molecule has 5 nitrogen and oxygen atoms in total. The van der Waals surface area contributed by atoms with Gasteiger partial charge in [-0.05, 0) is 37.6 Å². The van der Waals surface area contributed by atoms with Crippen molar-refractivity contribution in [3.05, 3.63) is 47.7 Å². The molecule has 0 aliphatic carbocycles. The number of hydrogen-bond acceptors (Lipinski definition) is 4. The zero-order valence-electron chi connectivity index (χ0n) is 11.3. The van der Waals surface area contributed by atoms with Gasteiger partial charge in [0.15, 0.2) is 11.5 Å². The Labute approximate surface area is 116 Å². The number of ether oxygens (including phenoxy) is 2. The summed E-state index contributed by atoms with van der Waals surface area (Å²) >= 11 is 0. The highest BCUT2D eigenvalue weighted by molar-refractivity contribution is 5.91. The number of aromatic nitrogens is 1. The van der Waals surface area contributed by atoms with Crippen molar-refractivity contribution in [2.75, 3.05) is 6.61 Å². The molecule has 0 aliphatic rings. The molecule has 0 aliphatic heterocycles. The van der Waals surface area contributed by atoms with E-state index in [2.05, 4.69) is 4.98 Å². The lowest BCUT2D eigenvalue weighted by Crippen LogP contribution is -2.05. The number of benzene rings is 1. The summed E-state index contributed by atoms with van der Waals surface area (Å²) in [5, 5.41) is 9.25. The first-order valence-corrected chi connectivity index (χ1v) is 6.22. The molecule has 20 heavy (non-hydrogen) atoms. The molecule has 1 aromatic heterocycles. The third kappa shape index (κ3) is 2.88. The summed E-state index contributed by atoms with van der Waals surface area (Å²) in [5.74, 6) is -0.0197. The molecular formula is C15H15NO4. The Hall–Kier alpha value is -2.56. The van der Waals surface area contributed by atoms with Gasteiger partial charge in [0.05, 0.1) is 6.61 Å². The Balaban J connectivity index is 2.40. The van der Waals surface area contributed by atoms with Crippen LogP contribution in [0.5, 0.6) is 17.4 Å². The van der Waals surface area contributed by atoms with Gasteiger partial charge in [-0.1, -0.05) is 12.1 Å². The Morgan fingerprint density at radius 2 is 1.95 bits per heavy atom. The number of carboxylic acid groups (broad SMARTS) is 1. The number of hydrogen-bond donors (Lipinski definition) is 1. The van der Waals surface area contributed by atoms with E-state index >= 15 is 0 Å². The second-order valence-electron chi connectivity index (χ2n) is 4.09. The molecule has 0 saturated carbocycles. The van der Waals surface area contributed by atoms with Crippen LogP contribution in [0.25, 0.3) is 0 Å². The average molecular weight is 273 g/mol. The van der Waals surface area contributed by atoms with Crippen molar-refractivity contribution in [2.24, 2.45) is 0 Å². The van der Waals surface area contributed by atoms with E-state index in [9.17, 15) is 9.90 Å². The van der Waals surface area contributed by atoms with Gasteiger partial charge in [-0.2, -0.15) is 0 Å². The first-order valence-electron chi connectivity index (χ1n) is 6.22. The Morgan fingerprint density at radius 1 is 1.25 bits per heavy atom. The number of aromatic carboxylic acids is 1. The van der Waals surface area contributed by atoms with Gasteiger partial charge in [-0.25, -0.2) is 9.78 Å². The third-order valence-electron chi connectivity index (χ3n) is 2.69. The fourth-order valence-electron chi connectivity index (χ4n) is 1.78. The zero-order valence-corrected chi connectivity index (χ0v) is 11.3. The fraction of sp³-hybridized carbons (Fsp3) is 0.200. The maximum Gasteiger partial charge on any atom is 0.341 e. The quantitative estimate of drug-likeness (QED) is 0.905. The van der Waals surface area contributed by atoms with Gasteiger partial charge in [0.2, 0.25) is 5.88 Å². The molecular weight excluding hydrogens is 258 g/mol. The molecule has 1 aromatic carbocycles. The zero-order chi connectivity index (χ0) is 14.5. The molecule has 5 heteroatoms. The molecule has 2 aromatic rings. The molecule has 0 spiro atoms. The maximum atomic E-state index is 11.3. The van der Waals surface area contributed by atoms with Crippen molar-refractivity contribution in [1.82, 2.24) is 4.98 Å². The highest BCUT2D eigenvalue weighted by Crippen LogP contribution is 2.32. The summed E-state index contributed by atoms with van der Waals surface area (Å²) < 4.78 is 11.1. The number of carboxylic acids is 1. The lowest BCUT2D eigenvalue weighted by molar-refractivity contribution is 0.0692. The Bertz CT molecular complexity index is 625. The van der Waals surface area contributed by atoms with Gasteiger partial charge in [-0.15, -0.1) is 0 Å². The van der Waals surface area contributed by atoms with Crippen molar-refractivity contribution in [1.29, 1.82) is 0 Å². The lowest BCUT2D eigenvalue weighted by Gasteiger charge is -2.12. The van der Waals surface area contributed by atoms with Crippen molar-refractivity contribution < 1.29 is 19.4 Å². The van der Waals surface area contributed by atoms with E-state index in [4.69, 9.17) is 9.47 Å². The molecule has 104 valence electrons. The molecule has 1 heterocycles. The molecule has 0 amide bonds. The van der Waals surface area contributed by atoms with E-state index in [-0.39, 0.29) is 11.4 Å². The van der Waals surface area contributed by atoms with E-state index in [1.807, 2.05) is 13.0 Å². The monoisotopic (exact) mass is 273 g/mol. The minimum atomic E-state index is -1.07. The second kappa shape index (κ2) is 6.06. The molecule has 0 atom stereocenters. The highest BCUT2D eigenvalue weighted by atomic mass is 16.5. The van der Waals surface area contributed by atoms with Crippen LogP contribution in [0.1, 0.15) is 22.8 Å². The molecule has 2 rings (SSSR count). The topological polar surface area (TPSA) is 68.7 Å². The number of rotatable bonds is 5. The fourth-order valence-corrected chi connectivity index (χ4v) is 1.78. The molecule has 0 fully saturated rings. The van der Waals surface area contributed by atoms with E-state index in [0.29, 0.717) is 23.7 Å². The summed E-state index contributed by atoms with van der Waals surface area (Å²) in [6.45, 7) is 4.06. The molecule has 0 bridgehead atoms. The van der Waals surface area contributed by atoms with E-state index in [1.54, 1.807) is 31.2 Å². The molecule has 0 saturated heterocycles.